The Morgan fingerprint density at radius 1 is 1.31 bits per heavy atom. The van der Waals surface area contributed by atoms with Gasteiger partial charge < -0.3 is 5.11 Å². The molecule has 0 aliphatic carbocycles. The fourth-order valence-electron chi connectivity index (χ4n) is 1.83. The van der Waals surface area contributed by atoms with Gasteiger partial charge in [0.25, 0.3) is 0 Å². The second kappa shape index (κ2) is 6.49. The first-order chi connectivity index (χ1) is 7.66. The van der Waals surface area contributed by atoms with Gasteiger partial charge in [0, 0.05) is 5.92 Å². The lowest BCUT2D eigenvalue weighted by atomic mass is 9.89. The van der Waals surface area contributed by atoms with Gasteiger partial charge in [-0.15, -0.1) is 0 Å². The molecule has 0 saturated carbocycles. The molecule has 0 fully saturated rings. The van der Waals surface area contributed by atoms with Gasteiger partial charge >= 0.3 is 0 Å². The summed E-state index contributed by atoms with van der Waals surface area (Å²) in [7, 11) is 0. The smallest absolute Gasteiger partial charge is 0.0753 e. The molecule has 0 aliphatic rings. The van der Waals surface area contributed by atoms with Crippen LogP contribution in [0.25, 0.3) is 0 Å². The molecule has 0 spiro atoms. The molecule has 0 bridgehead atoms. The lowest BCUT2D eigenvalue weighted by Gasteiger charge is -2.20. The first kappa shape index (κ1) is 13.0. The van der Waals surface area contributed by atoms with Crippen LogP contribution >= 0.6 is 0 Å². The topological polar surface area (TPSA) is 20.2 Å². The van der Waals surface area contributed by atoms with Crippen molar-refractivity contribution < 1.29 is 5.11 Å². The van der Waals surface area contributed by atoms with E-state index in [4.69, 9.17) is 0 Å². The number of aliphatic hydroxyl groups excluding tert-OH is 1. The van der Waals surface area contributed by atoms with Crippen LogP contribution < -0.4 is 0 Å². The Kier molecular flexibility index (Phi) is 5.27. The molecule has 1 nitrogen and oxygen atoms in total. The summed E-state index contributed by atoms with van der Waals surface area (Å²) in [6, 6.07) is 10.2. The monoisotopic (exact) mass is 218 g/mol. The Morgan fingerprint density at radius 3 is 2.50 bits per heavy atom. The summed E-state index contributed by atoms with van der Waals surface area (Å²) >= 11 is 0. The van der Waals surface area contributed by atoms with E-state index in [1.807, 2.05) is 18.2 Å². The van der Waals surface area contributed by atoms with Gasteiger partial charge in [0.2, 0.25) is 0 Å². The molecule has 1 N–H and O–H groups in total. The molecule has 2 atom stereocenters. The molecular formula is C15H22O. The molecule has 16 heavy (non-hydrogen) atoms. The molecular weight excluding hydrogens is 196 g/mol. The molecule has 0 radical (unpaired) electrons. The van der Waals surface area contributed by atoms with Crippen LogP contribution in [0, 0.1) is 0 Å². The number of unbranched alkanes of at least 4 members (excludes halogenated alkanes) is 1. The van der Waals surface area contributed by atoms with Gasteiger partial charge in [0.15, 0.2) is 0 Å². The third kappa shape index (κ3) is 3.49. The van der Waals surface area contributed by atoms with Crippen LogP contribution in [0.1, 0.15) is 44.6 Å². The Labute approximate surface area is 98.8 Å². The van der Waals surface area contributed by atoms with Crippen molar-refractivity contribution >= 4 is 0 Å². The maximum Gasteiger partial charge on any atom is 0.0753 e. The van der Waals surface area contributed by atoms with Gasteiger partial charge in [-0.25, -0.2) is 0 Å². The van der Waals surface area contributed by atoms with E-state index in [1.54, 1.807) is 0 Å². The van der Waals surface area contributed by atoms with Crippen LogP contribution in [0.3, 0.4) is 0 Å². The average Bonchev–Trinajstić information content (AvgIpc) is 2.35. The predicted molar refractivity (Wildman–Crippen MR) is 69.5 cm³/mol. The van der Waals surface area contributed by atoms with E-state index in [-0.39, 0.29) is 12.0 Å². The number of benzene rings is 1. The first-order valence-corrected chi connectivity index (χ1v) is 6.08. The van der Waals surface area contributed by atoms with E-state index in [9.17, 15) is 5.11 Å². The minimum atomic E-state index is -0.366. The molecule has 0 heterocycles. The Balaban J connectivity index is 2.60. The van der Waals surface area contributed by atoms with E-state index in [0.717, 1.165) is 24.8 Å². The fraction of sp³-hybridized carbons (Fsp3) is 0.467. The Morgan fingerprint density at radius 2 is 1.94 bits per heavy atom. The first-order valence-electron chi connectivity index (χ1n) is 6.08. The molecule has 1 unspecified atom stereocenters. The minimum absolute atomic E-state index is 0.230. The number of rotatable bonds is 6. The molecule has 0 aromatic heterocycles. The predicted octanol–water partition coefficient (Wildman–Crippen LogP) is 3.90. The molecule has 1 heteroatoms. The van der Waals surface area contributed by atoms with Crippen molar-refractivity contribution in [3.8, 4) is 0 Å². The van der Waals surface area contributed by atoms with Crippen molar-refractivity contribution in [2.45, 2.75) is 45.1 Å². The van der Waals surface area contributed by atoms with Crippen LogP contribution in [0.4, 0.5) is 0 Å². The molecule has 1 rings (SSSR count). The van der Waals surface area contributed by atoms with Crippen LogP contribution in [-0.4, -0.2) is 11.2 Å². The van der Waals surface area contributed by atoms with Crippen LogP contribution in [0.2, 0.25) is 0 Å². The molecule has 0 saturated heterocycles. The van der Waals surface area contributed by atoms with E-state index in [2.05, 4.69) is 32.6 Å². The largest absolute Gasteiger partial charge is 0.389 e. The second-order valence-electron chi connectivity index (χ2n) is 4.37. The lowest BCUT2D eigenvalue weighted by molar-refractivity contribution is 0.191. The van der Waals surface area contributed by atoms with Gasteiger partial charge in [-0.2, -0.15) is 0 Å². The molecule has 1 aromatic rings. The zero-order valence-corrected chi connectivity index (χ0v) is 10.3. The molecule has 1 aromatic carbocycles. The zero-order valence-electron chi connectivity index (χ0n) is 10.3. The standard InChI is InChI=1S/C15H22O/c1-4-5-11-15(16)13(3)12(2)14-9-7-6-8-10-14/h6-10,12,15-16H,3-5,11H2,1-2H3/t12-,15?/m0/s1. The highest BCUT2D eigenvalue weighted by atomic mass is 16.3. The van der Waals surface area contributed by atoms with Gasteiger partial charge in [0.05, 0.1) is 6.10 Å². The summed E-state index contributed by atoms with van der Waals surface area (Å²) in [5.74, 6) is 0.230. The fourth-order valence-corrected chi connectivity index (χ4v) is 1.83. The maximum atomic E-state index is 9.98. The normalized spacial score (nSPS) is 14.4. The van der Waals surface area contributed by atoms with Crippen LogP contribution in [0.5, 0.6) is 0 Å². The number of hydrogen-bond acceptors (Lipinski definition) is 1. The molecule has 0 amide bonds. The zero-order chi connectivity index (χ0) is 12.0. The number of aliphatic hydroxyl groups is 1. The highest BCUT2D eigenvalue weighted by Crippen LogP contribution is 2.26. The lowest BCUT2D eigenvalue weighted by Crippen LogP contribution is -2.14. The molecule has 88 valence electrons. The third-order valence-electron chi connectivity index (χ3n) is 3.11. The summed E-state index contributed by atoms with van der Waals surface area (Å²) < 4.78 is 0. The van der Waals surface area contributed by atoms with Gasteiger partial charge in [0.1, 0.15) is 0 Å². The van der Waals surface area contributed by atoms with E-state index in [0.29, 0.717) is 0 Å². The average molecular weight is 218 g/mol. The maximum absolute atomic E-state index is 9.98. The van der Waals surface area contributed by atoms with Gasteiger partial charge in [-0.1, -0.05) is 63.6 Å². The quantitative estimate of drug-likeness (QED) is 0.718. The van der Waals surface area contributed by atoms with Crippen molar-refractivity contribution in [2.75, 3.05) is 0 Å². The van der Waals surface area contributed by atoms with Crippen molar-refractivity contribution in [2.24, 2.45) is 0 Å². The van der Waals surface area contributed by atoms with Crippen LogP contribution in [-0.2, 0) is 0 Å². The van der Waals surface area contributed by atoms with Crippen LogP contribution in [0.15, 0.2) is 42.5 Å². The van der Waals surface area contributed by atoms with Crippen molar-refractivity contribution in [1.29, 1.82) is 0 Å². The summed E-state index contributed by atoms with van der Waals surface area (Å²) in [5, 5.41) is 9.98. The van der Waals surface area contributed by atoms with E-state index in [1.165, 1.54) is 5.56 Å². The highest BCUT2D eigenvalue weighted by Gasteiger charge is 2.16. The van der Waals surface area contributed by atoms with E-state index >= 15 is 0 Å². The van der Waals surface area contributed by atoms with Crippen molar-refractivity contribution in [1.82, 2.24) is 0 Å². The van der Waals surface area contributed by atoms with Crippen molar-refractivity contribution in [3.63, 3.8) is 0 Å². The van der Waals surface area contributed by atoms with E-state index < -0.39 is 0 Å². The Bertz CT molecular complexity index is 315. The SMILES string of the molecule is C=C(C(O)CCCC)[C@H](C)c1ccccc1. The summed E-state index contributed by atoms with van der Waals surface area (Å²) in [6.07, 6.45) is 2.63. The van der Waals surface area contributed by atoms with Gasteiger partial charge in [-0.3, -0.25) is 0 Å². The highest BCUT2D eigenvalue weighted by molar-refractivity contribution is 5.28. The third-order valence-corrected chi connectivity index (χ3v) is 3.11. The van der Waals surface area contributed by atoms with Gasteiger partial charge in [-0.05, 0) is 17.6 Å². The second-order valence-corrected chi connectivity index (χ2v) is 4.37. The minimum Gasteiger partial charge on any atom is -0.389 e. The number of hydrogen-bond donors (Lipinski definition) is 1. The van der Waals surface area contributed by atoms with Crippen molar-refractivity contribution in [3.05, 3.63) is 48.0 Å². The summed E-state index contributed by atoms with van der Waals surface area (Å²) in [6.45, 7) is 8.27. The summed E-state index contributed by atoms with van der Waals surface area (Å²) in [5.41, 5.74) is 2.16. The summed E-state index contributed by atoms with van der Waals surface area (Å²) in [4.78, 5) is 0. The Hall–Kier alpha value is -1.08. The molecule has 0 aliphatic heterocycles.